The van der Waals surface area contributed by atoms with Crippen LogP contribution in [0.5, 0.6) is 0 Å². The van der Waals surface area contributed by atoms with E-state index in [4.69, 9.17) is 23.2 Å². The van der Waals surface area contributed by atoms with Crippen molar-refractivity contribution in [3.8, 4) is 16.9 Å². The van der Waals surface area contributed by atoms with Gasteiger partial charge in [-0.15, -0.1) is 0 Å². The Morgan fingerprint density at radius 2 is 1.81 bits per heavy atom. The van der Waals surface area contributed by atoms with Crippen LogP contribution in [0.3, 0.4) is 0 Å². The molecule has 1 heterocycles. The Labute approximate surface area is 166 Å². The second-order valence-corrected chi connectivity index (χ2v) is 8.39. The molecule has 27 heavy (non-hydrogen) atoms. The Morgan fingerprint density at radius 1 is 1.11 bits per heavy atom. The molecule has 6 nitrogen and oxygen atoms in total. The SMILES string of the molecule is CC(=O)OCS(=O)(=O)c1ccc(-n2cncc2-c2ccc(Cl)c(Cl)c2)cc1. The minimum absolute atomic E-state index is 0.0590. The van der Waals surface area contributed by atoms with Crippen LogP contribution in [0.2, 0.25) is 10.0 Å². The van der Waals surface area contributed by atoms with Gasteiger partial charge in [-0.25, -0.2) is 13.4 Å². The third-order valence-electron chi connectivity index (χ3n) is 3.75. The van der Waals surface area contributed by atoms with Crippen LogP contribution in [0.1, 0.15) is 6.92 Å². The Morgan fingerprint density at radius 3 is 2.44 bits per heavy atom. The lowest BCUT2D eigenvalue weighted by Crippen LogP contribution is -2.12. The monoisotopic (exact) mass is 424 g/mol. The Kier molecular flexibility index (Phi) is 5.55. The van der Waals surface area contributed by atoms with Gasteiger partial charge in [0.15, 0.2) is 5.94 Å². The largest absolute Gasteiger partial charge is 0.449 e. The van der Waals surface area contributed by atoms with Crippen molar-refractivity contribution in [3.63, 3.8) is 0 Å². The number of halogens is 2. The first kappa shape index (κ1) is 19.4. The molecule has 0 amide bonds. The maximum Gasteiger partial charge on any atom is 0.303 e. The van der Waals surface area contributed by atoms with E-state index in [1.165, 1.54) is 12.1 Å². The fraction of sp³-hybridized carbons (Fsp3) is 0.111. The van der Waals surface area contributed by atoms with E-state index < -0.39 is 21.7 Å². The van der Waals surface area contributed by atoms with Gasteiger partial charge in [0.2, 0.25) is 9.84 Å². The van der Waals surface area contributed by atoms with Crippen LogP contribution in [-0.2, 0) is 19.4 Å². The lowest BCUT2D eigenvalue weighted by atomic mass is 10.1. The highest BCUT2D eigenvalue weighted by Gasteiger charge is 2.17. The number of hydrogen-bond donors (Lipinski definition) is 0. The first-order valence-corrected chi connectivity index (χ1v) is 10.1. The van der Waals surface area contributed by atoms with E-state index in [1.807, 2.05) is 6.07 Å². The summed E-state index contributed by atoms with van der Waals surface area (Å²) < 4.78 is 30.7. The lowest BCUT2D eigenvalue weighted by molar-refractivity contribution is -0.138. The number of aromatic nitrogens is 2. The van der Waals surface area contributed by atoms with Gasteiger partial charge in [0, 0.05) is 18.2 Å². The van der Waals surface area contributed by atoms with Gasteiger partial charge < -0.3 is 4.74 Å². The average molecular weight is 425 g/mol. The van der Waals surface area contributed by atoms with Crippen molar-refractivity contribution < 1.29 is 17.9 Å². The zero-order valence-corrected chi connectivity index (χ0v) is 16.4. The number of sulfone groups is 1. The van der Waals surface area contributed by atoms with Crippen molar-refractivity contribution in [2.24, 2.45) is 0 Å². The number of esters is 1. The molecular formula is C18H14Cl2N2O4S. The minimum atomic E-state index is -3.71. The maximum atomic E-state index is 12.2. The second kappa shape index (κ2) is 7.72. The minimum Gasteiger partial charge on any atom is -0.449 e. The molecule has 3 rings (SSSR count). The molecule has 0 aliphatic heterocycles. The summed E-state index contributed by atoms with van der Waals surface area (Å²) in [5.41, 5.74) is 2.29. The summed E-state index contributed by atoms with van der Waals surface area (Å²) in [5.74, 6) is -1.35. The van der Waals surface area contributed by atoms with E-state index in [2.05, 4.69) is 9.72 Å². The lowest BCUT2D eigenvalue weighted by Gasteiger charge is -2.10. The molecule has 140 valence electrons. The van der Waals surface area contributed by atoms with Crippen molar-refractivity contribution >= 4 is 39.0 Å². The number of nitrogens with zero attached hydrogens (tertiary/aromatic N) is 2. The van der Waals surface area contributed by atoms with Gasteiger partial charge in [0.05, 0.1) is 33.2 Å². The fourth-order valence-electron chi connectivity index (χ4n) is 2.41. The molecule has 0 saturated heterocycles. The summed E-state index contributed by atoms with van der Waals surface area (Å²) in [6.07, 6.45) is 3.28. The predicted octanol–water partition coefficient (Wildman–Crippen LogP) is 4.14. The molecule has 9 heteroatoms. The molecule has 3 aromatic rings. The van der Waals surface area contributed by atoms with Gasteiger partial charge in [-0.1, -0.05) is 29.3 Å². The molecular weight excluding hydrogens is 411 g/mol. The van der Waals surface area contributed by atoms with Crippen LogP contribution in [0.4, 0.5) is 0 Å². The first-order valence-electron chi connectivity index (χ1n) is 7.72. The fourth-order valence-corrected chi connectivity index (χ4v) is 3.72. The van der Waals surface area contributed by atoms with Crippen LogP contribution >= 0.6 is 23.2 Å². The topological polar surface area (TPSA) is 78.3 Å². The normalized spacial score (nSPS) is 11.4. The van der Waals surface area contributed by atoms with Gasteiger partial charge in [0.25, 0.3) is 0 Å². The Balaban J connectivity index is 1.92. The molecule has 0 unspecified atom stereocenters. The smallest absolute Gasteiger partial charge is 0.303 e. The van der Waals surface area contributed by atoms with E-state index in [-0.39, 0.29) is 4.90 Å². The van der Waals surface area contributed by atoms with Crippen LogP contribution in [-0.4, -0.2) is 29.9 Å². The quantitative estimate of drug-likeness (QED) is 0.575. The zero-order chi connectivity index (χ0) is 19.6. The highest BCUT2D eigenvalue weighted by Crippen LogP contribution is 2.30. The van der Waals surface area contributed by atoms with E-state index in [1.54, 1.807) is 41.4 Å². The Hall–Kier alpha value is -2.35. The third-order valence-corrected chi connectivity index (χ3v) is 5.90. The van der Waals surface area contributed by atoms with Crippen molar-refractivity contribution in [3.05, 3.63) is 65.0 Å². The number of imidazole rings is 1. The van der Waals surface area contributed by atoms with Crippen LogP contribution in [0.25, 0.3) is 16.9 Å². The summed E-state index contributed by atoms with van der Waals surface area (Å²) in [4.78, 5) is 15.1. The van der Waals surface area contributed by atoms with Crippen molar-refractivity contribution in [2.45, 2.75) is 11.8 Å². The van der Waals surface area contributed by atoms with E-state index in [0.29, 0.717) is 15.7 Å². The molecule has 1 aromatic heterocycles. The van der Waals surface area contributed by atoms with Crippen LogP contribution in [0, 0.1) is 0 Å². The molecule has 0 radical (unpaired) electrons. The Bertz CT molecular complexity index is 1090. The summed E-state index contributed by atoms with van der Waals surface area (Å²) >= 11 is 12.0. The average Bonchev–Trinajstić information content (AvgIpc) is 3.12. The number of rotatable bonds is 5. The number of benzene rings is 2. The maximum absolute atomic E-state index is 12.2. The molecule has 0 aliphatic rings. The molecule has 2 aromatic carbocycles. The predicted molar refractivity (Wildman–Crippen MR) is 103 cm³/mol. The van der Waals surface area contributed by atoms with E-state index in [0.717, 1.165) is 18.2 Å². The number of carbonyl (C=O) groups excluding carboxylic acids is 1. The molecule has 0 aliphatic carbocycles. The number of ether oxygens (including phenoxy) is 1. The molecule has 0 saturated carbocycles. The third kappa shape index (κ3) is 4.32. The van der Waals surface area contributed by atoms with Crippen molar-refractivity contribution in [1.29, 1.82) is 0 Å². The molecule has 0 atom stereocenters. The highest BCUT2D eigenvalue weighted by atomic mass is 35.5. The van der Waals surface area contributed by atoms with Crippen LogP contribution < -0.4 is 0 Å². The summed E-state index contributed by atoms with van der Waals surface area (Å²) in [5, 5.41) is 0.877. The van der Waals surface area contributed by atoms with Gasteiger partial charge in [-0.3, -0.25) is 9.36 Å². The second-order valence-electron chi connectivity index (χ2n) is 5.64. The van der Waals surface area contributed by atoms with Crippen molar-refractivity contribution in [1.82, 2.24) is 9.55 Å². The van der Waals surface area contributed by atoms with Gasteiger partial charge in [0.1, 0.15) is 0 Å². The van der Waals surface area contributed by atoms with Gasteiger partial charge in [-0.2, -0.15) is 0 Å². The molecule has 0 spiro atoms. The first-order chi connectivity index (χ1) is 12.8. The standard InChI is InChI=1S/C18H14Cl2N2O4S/c1-12(23)26-11-27(24,25)15-5-3-14(4-6-15)22-10-21-9-18(22)13-2-7-16(19)17(20)8-13/h2-10H,11H2,1H3. The summed E-state index contributed by atoms with van der Waals surface area (Å²) in [6.45, 7) is 1.15. The molecule has 0 bridgehead atoms. The highest BCUT2D eigenvalue weighted by molar-refractivity contribution is 7.91. The van der Waals surface area contributed by atoms with E-state index in [9.17, 15) is 13.2 Å². The van der Waals surface area contributed by atoms with Gasteiger partial charge in [-0.05, 0) is 36.4 Å². The molecule has 0 fully saturated rings. The number of hydrogen-bond acceptors (Lipinski definition) is 5. The zero-order valence-electron chi connectivity index (χ0n) is 14.1. The van der Waals surface area contributed by atoms with Gasteiger partial charge >= 0.3 is 5.97 Å². The number of carbonyl (C=O) groups is 1. The summed E-state index contributed by atoms with van der Waals surface area (Å²) in [7, 11) is -3.71. The summed E-state index contributed by atoms with van der Waals surface area (Å²) in [6, 6.07) is 11.4. The molecule has 0 N–H and O–H groups in total. The van der Waals surface area contributed by atoms with E-state index >= 15 is 0 Å². The van der Waals surface area contributed by atoms with Crippen molar-refractivity contribution in [2.75, 3.05) is 5.94 Å². The van der Waals surface area contributed by atoms with Crippen LogP contribution in [0.15, 0.2) is 59.9 Å².